The molecule has 0 aliphatic carbocycles. The number of hydrogen-bond acceptors (Lipinski definition) is 3. The summed E-state index contributed by atoms with van der Waals surface area (Å²) in [5.74, 6) is 1.34. The highest BCUT2D eigenvalue weighted by molar-refractivity contribution is 6.08. The Morgan fingerprint density at radius 2 is 1.95 bits per heavy atom. The van der Waals surface area contributed by atoms with Gasteiger partial charge in [0.15, 0.2) is 11.5 Å². The van der Waals surface area contributed by atoms with Crippen LogP contribution in [0.1, 0.15) is 22.8 Å². The molecule has 0 bridgehead atoms. The first-order chi connectivity index (χ1) is 10.2. The zero-order chi connectivity index (χ0) is 14.4. The number of ether oxygens (including phenoxy) is 2. The molecule has 2 heterocycles. The fourth-order valence-corrected chi connectivity index (χ4v) is 3.04. The average Bonchev–Trinajstić information content (AvgIpc) is 3.08. The third-order valence-electron chi connectivity index (χ3n) is 4.05. The molecule has 0 radical (unpaired) electrons. The van der Waals surface area contributed by atoms with Gasteiger partial charge in [0.25, 0.3) is 5.91 Å². The lowest BCUT2D eigenvalue weighted by Crippen LogP contribution is -2.35. The maximum atomic E-state index is 12.8. The SMILES string of the molecule is C[C@H]1Cc2ccccc2N1C(=O)c1ccc2c(c1)OCO2. The summed E-state index contributed by atoms with van der Waals surface area (Å²) >= 11 is 0. The van der Waals surface area contributed by atoms with Gasteiger partial charge in [0.1, 0.15) is 0 Å². The van der Waals surface area contributed by atoms with Crippen LogP contribution in [0.15, 0.2) is 42.5 Å². The molecule has 1 amide bonds. The number of carbonyl (C=O) groups excluding carboxylic acids is 1. The minimum atomic E-state index is 0.00532. The Morgan fingerprint density at radius 3 is 2.86 bits per heavy atom. The van der Waals surface area contributed by atoms with Crippen LogP contribution in [0.4, 0.5) is 5.69 Å². The highest BCUT2D eigenvalue weighted by atomic mass is 16.7. The summed E-state index contributed by atoms with van der Waals surface area (Å²) < 4.78 is 10.6. The molecule has 21 heavy (non-hydrogen) atoms. The minimum Gasteiger partial charge on any atom is -0.454 e. The van der Waals surface area contributed by atoms with Crippen molar-refractivity contribution in [2.24, 2.45) is 0 Å². The number of nitrogens with zero attached hydrogens (tertiary/aromatic N) is 1. The van der Waals surface area contributed by atoms with Crippen LogP contribution in [0.5, 0.6) is 11.5 Å². The number of anilines is 1. The summed E-state index contributed by atoms with van der Waals surface area (Å²) in [6, 6.07) is 13.6. The lowest BCUT2D eigenvalue weighted by atomic mass is 10.1. The molecule has 2 aromatic rings. The van der Waals surface area contributed by atoms with Crippen LogP contribution in [-0.4, -0.2) is 18.7 Å². The Balaban J connectivity index is 1.72. The van der Waals surface area contributed by atoms with Crippen molar-refractivity contribution in [3.05, 3.63) is 53.6 Å². The number of rotatable bonds is 1. The second kappa shape index (κ2) is 4.52. The van der Waals surface area contributed by atoms with E-state index in [-0.39, 0.29) is 18.7 Å². The molecule has 0 unspecified atom stereocenters. The minimum absolute atomic E-state index is 0.00532. The maximum absolute atomic E-state index is 12.8. The van der Waals surface area contributed by atoms with E-state index < -0.39 is 0 Å². The maximum Gasteiger partial charge on any atom is 0.258 e. The fourth-order valence-electron chi connectivity index (χ4n) is 3.04. The number of amides is 1. The van der Waals surface area contributed by atoms with Crippen molar-refractivity contribution in [1.82, 2.24) is 0 Å². The summed E-state index contributed by atoms with van der Waals surface area (Å²) in [6.07, 6.45) is 0.895. The molecule has 2 aliphatic rings. The van der Waals surface area contributed by atoms with Crippen molar-refractivity contribution < 1.29 is 14.3 Å². The van der Waals surface area contributed by atoms with E-state index in [1.54, 1.807) is 18.2 Å². The van der Waals surface area contributed by atoms with E-state index in [9.17, 15) is 4.79 Å². The molecule has 0 fully saturated rings. The van der Waals surface area contributed by atoms with Gasteiger partial charge < -0.3 is 14.4 Å². The Bertz CT molecular complexity index is 726. The van der Waals surface area contributed by atoms with Crippen molar-refractivity contribution in [3.63, 3.8) is 0 Å². The highest BCUT2D eigenvalue weighted by Gasteiger charge is 2.31. The van der Waals surface area contributed by atoms with Crippen LogP contribution in [0.2, 0.25) is 0 Å². The first-order valence-electron chi connectivity index (χ1n) is 7.05. The van der Waals surface area contributed by atoms with E-state index in [0.717, 1.165) is 12.1 Å². The molecular formula is C17H15NO3. The Labute approximate surface area is 122 Å². The lowest BCUT2D eigenvalue weighted by Gasteiger charge is -2.22. The standard InChI is InChI=1S/C17H15NO3/c1-11-8-12-4-2-3-5-14(12)18(11)17(19)13-6-7-15-16(9-13)21-10-20-15/h2-7,9,11H,8,10H2,1H3/t11-/m0/s1. The van der Waals surface area contributed by atoms with Crippen molar-refractivity contribution in [2.45, 2.75) is 19.4 Å². The fraction of sp³-hybridized carbons (Fsp3) is 0.235. The zero-order valence-electron chi connectivity index (χ0n) is 11.7. The van der Waals surface area contributed by atoms with E-state index in [2.05, 4.69) is 13.0 Å². The second-order valence-corrected chi connectivity index (χ2v) is 5.43. The van der Waals surface area contributed by atoms with Gasteiger partial charge in [-0.3, -0.25) is 4.79 Å². The molecule has 4 heteroatoms. The number of benzene rings is 2. The van der Waals surface area contributed by atoms with Gasteiger partial charge in [-0.2, -0.15) is 0 Å². The predicted molar refractivity (Wildman–Crippen MR) is 79.0 cm³/mol. The van der Waals surface area contributed by atoms with Gasteiger partial charge in [-0.15, -0.1) is 0 Å². The molecule has 0 aromatic heterocycles. The highest BCUT2D eigenvalue weighted by Crippen LogP contribution is 2.36. The van der Waals surface area contributed by atoms with Crippen LogP contribution in [-0.2, 0) is 6.42 Å². The Hall–Kier alpha value is -2.49. The summed E-state index contributed by atoms with van der Waals surface area (Å²) in [5, 5.41) is 0. The van der Waals surface area contributed by atoms with E-state index >= 15 is 0 Å². The van der Waals surface area contributed by atoms with Crippen LogP contribution in [0, 0.1) is 0 Å². The molecular weight excluding hydrogens is 266 g/mol. The molecule has 0 saturated carbocycles. The average molecular weight is 281 g/mol. The Morgan fingerprint density at radius 1 is 1.14 bits per heavy atom. The monoisotopic (exact) mass is 281 g/mol. The Kier molecular flexibility index (Phi) is 2.64. The first-order valence-corrected chi connectivity index (χ1v) is 7.05. The van der Waals surface area contributed by atoms with Crippen LogP contribution < -0.4 is 14.4 Å². The van der Waals surface area contributed by atoms with Gasteiger partial charge in [-0.05, 0) is 43.2 Å². The van der Waals surface area contributed by atoms with Crippen molar-refractivity contribution in [1.29, 1.82) is 0 Å². The number of fused-ring (bicyclic) bond motifs is 2. The zero-order valence-corrected chi connectivity index (χ0v) is 11.7. The summed E-state index contributed by atoms with van der Waals surface area (Å²) in [7, 11) is 0. The largest absolute Gasteiger partial charge is 0.454 e. The second-order valence-electron chi connectivity index (χ2n) is 5.43. The first kappa shape index (κ1) is 12.3. The van der Waals surface area contributed by atoms with Gasteiger partial charge >= 0.3 is 0 Å². The molecule has 0 saturated heterocycles. The summed E-state index contributed by atoms with van der Waals surface area (Å²) in [6.45, 7) is 2.29. The van der Waals surface area contributed by atoms with Gasteiger partial charge in [-0.25, -0.2) is 0 Å². The van der Waals surface area contributed by atoms with E-state index in [1.807, 2.05) is 23.1 Å². The molecule has 4 nitrogen and oxygen atoms in total. The van der Waals surface area contributed by atoms with Gasteiger partial charge in [0.2, 0.25) is 6.79 Å². The molecule has 4 rings (SSSR count). The van der Waals surface area contributed by atoms with Crippen molar-refractivity contribution in [3.8, 4) is 11.5 Å². The number of carbonyl (C=O) groups is 1. The third-order valence-corrected chi connectivity index (χ3v) is 4.05. The third kappa shape index (κ3) is 1.87. The molecule has 106 valence electrons. The number of hydrogen-bond donors (Lipinski definition) is 0. The smallest absolute Gasteiger partial charge is 0.258 e. The van der Waals surface area contributed by atoms with E-state index in [4.69, 9.17) is 9.47 Å². The van der Waals surface area contributed by atoms with Crippen LogP contribution >= 0.6 is 0 Å². The van der Waals surface area contributed by atoms with E-state index in [1.165, 1.54) is 5.56 Å². The normalized spacial score (nSPS) is 18.7. The molecule has 1 atom stereocenters. The molecule has 0 N–H and O–H groups in total. The molecule has 0 spiro atoms. The van der Waals surface area contributed by atoms with Gasteiger partial charge in [-0.1, -0.05) is 18.2 Å². The van der Waals surface area contributed by atoms with Gasteiger partial charge in [0.05, 0.1) is 0 Å². The quantitative estimate of drug-likeness (QED) is 0.806. The van der Waals surface area contributed by atoms with Crippen molar-refractivity contribution >= 4 is 11.6 Å². The molecule has 2 aliphatic heterocycles. The van der Waals surface area contributed by atoms with Crippen molar-refractivity contribution in [2.75, 3.05) is 11.7 Å². The van der Waals surface area contributed by atoms with Gasteiger partial charge in [0, 0.05) is 17.3 Å². The topological polar surface area (TPSA) is 38.8 Å². The van der Waals surface area contributed by atoms with Crippen LogP contribution in [0.25, 0.3) is 0 Å². The van der Waals surface area contributed by atoms with Crippen LogP contribution in [0.3, 0.4) is 0 Å². The number of para-hydroxylation sites is 1. The molecule has 2 aromatic carbocycles. The lowest BCUT2D eigenvalue weighted by molar-refractivity contribution is 0.0981. The van der Waals surface area contributed by atoms with E-state index in [0.29, 0.717) is 17.1 Å². The predicted octanol–water partition coefficient (Wildman–Crippen LogP) is 3.01. The summed E-state index contributed by atoms with van der Waals surface area (Å²) in [4.78, 5) is 14.7. The summed E-state index contributed by atoms with van der Waals surface area (Å²) in [5.41, 5.74) is 2.86.